The number of hydrogen-bond acceptors (Lipinski definition) is 3. The van der Waals surface area contributed by atoms with E-state index in [-0.39, 0.29) is 5.02 Å². The Labute approximate surface area is 119 Å². The summed E-state index contributed by atoms with van der Waals surface area (Å²) in [7, 11) is 0. The summed E-state index contributed by atoms with van der Waals surface area (Å²) in [6.45, 7) is 2.00. The topological polar surface area (TPSA) is 24.9 Å². The van der Waals surface area contributed by atoms with Gasteiger partial charge in [-0.2, -0.15) is 13.2 Å². The molecule has 0 saturated carbocycles. The molecule has 0 aliphatic carbocycles. The Balaban J connectivity index is 1.97. The zero-order chi connectivity index (χ0) is 13.9. The van der Waals surface area contributed by atoms with Crippen molar-refractivity contribution in [1.82, 2.24) is 10.3 Å². The quantitative estimate of drug-likeness (QED) is 0.859. The second kappa shape index (κ2) is 6.33. The van der Waals surface area contributed by atoms with Crippen LogP contribution in [0.2, 0.25) is 5.02 Å². The fraction of sp³-hybridized carbons (Fsp3) is 0.583. The second-order valence-electron chi connectivity index (χ2n) is 4.51. The van der Waals surface area contributed by atoms with Crippen molar-refractivity contribution in [1.29, 1.82) is 0 Å². The van der Waals surface area contributed by atoms with Gasteiger partial charge in [-0.25, -0.2) is 4.98 Å². The van der Waals surface area contributed by atoms with E-state index in [0.717, 1.165) is 43.9 Å². The molecule has 2 rings (SSSR count). The van der Waals surface area contributed by atoms with E-state index < -0.39 is 11.7 Å². The van der Waals surface area contributed by atoms with Gasteiger partial charge < -0.3 is 5.32 Å². The summed E-state index contributed by atoms with van der Waals surface area (Å²) in [5.41, 5.74) is -0.802. The van der Waals surface area contributed by atoms with Gasteiger partial charge in [-0.3, -0.25) is 0 Å². The summed E-state index contributed by atoms with van der Waals surface area (Å²) in [4.78, 5) is 3.82. The molecule has 1 aliphatic rings. The molecule has 0 amide bonds. The van der Waals surface area contributed by atoms with E-state index in [4.69, 9.17) is 11.6 Å². The Kier molecular flexibility index (Phi) is 4.97. The van der Waals surface area contributed by atoms with E-state index >= 15 is 0 Å². The molecule has 2 nitrogen and oxygen atoms in total. The van der Waals surface area contributed by atoms with Crippen LogP contribution >= 0.6 is 23.4 Å². The normalized spacial score (nSPS) is 17.7. The first-order valence-corrected chi connectivity index (χ1v) is 7.39. The van der Waals surface area contributed by atoms with Gasteiger partial charge in [-0.05, 0) is 37.9 Å². The van der Waals surface area contributed by atoms with Crippen LogP contribution in [0.1, 0.15) is 18.4 Å². The van der Waals surface area contributed by atoms with Gasteiger partial charge in [0.05, 0.1) is 10.6 Å². The number of pyridine rings is 1. The predicted octanol–water partition coefficient (Wildman–Crippen LogP) is 3.85. The lowest BCUT2D eigenvalue weighted by molar-refractivity contribution is -0.137. The molecule has 7 heteroatoms. The van der Waals surface area contributed by atoms with Crippen LogP contribution in [-0.2, 0) is 6.18 Å². The highest BCUT2D eigenvalue weighted by Crippen LogP contribution is 2.34. The SMILES string of the molecule is FC(F)(F)c1cnc(SCC2CCNCC2)c(Cl)c1. The summed E-state index contributed by atoms with van der Waals surface area (Å²) < 4.78 is 37.4. The molecule has 1 saturated heterocycles. The van der Waals surface area contributed by atoms with E-state index in [1.807, 2.05) is 0 Å². The average molecular weight is 311 g/mol. The van der Waals surface area contributed by atoms with Gasteiger partial charge in [0.1, 0.15) is 5.03 Å². The van der Waals surface area contributed by atoms with Crippen molar-refractivity contribution in [2.45, 2.75) is 24.0 Å². The minimum absolute atomic E-state index is 0.0776. The van der Waals surface area contributed by atoms with Crippen molar-refractivity contribution >= 4 is 23.4 Å². The standard InChI is InChI=1S/C12H14ClF3N2S/c13-10-5-9(12(14,15)16)6-18-11(10)19-7-8-1-3-17-4-2-8/h5-6,8,17H,1-4,7H2. The van der Waals surface area contributed by atoms with Crippen LogP contribution < -0.4 is 5.32 Å². The van der Waals surface area contributed by atoms with Gasteiger partial charge in [0, 0.05) is 11.9 Å². The van der Waals surface area contributed by atoms with E-state index in [2.05, 4.69) is 10.3 Å². The molecule has 0 atom stereocenters. The lowest BCUT2D eigenvalue weighted by Gasteiger charge is -2.22. The Morgan fingerprint density at radius 2 is 2.05 bits per heavy atom. The Morgan fingerprint density at radius 3 is 2.63 bits per heavy atom. The maximum Gasteiger partial charge on any atom is 0.417 e. The molecule has 1 N–H and O–H groups in total. The zero-order valence-electron chi connectivity index (χ0n) is 10.1. The van der Waals surface area contributed by atoms with Crippen LogP contribution in [0.25, 0.3) is 0 Å². The lowest BCUT2D eigenvalue weighted by atomic mass is 10.0. The summed E-state index contributed by atoms with van der Waals surface area (Å²) in [6.07, 6.45) is -1.37. The highest BCUT2D eigenvalue weighted by molar-refractivity contribution is 7.99. The largest absolute Gasteiger partial charge is 0.417 e. The zero-order valence-corrected chi connectivity index (χ0v) is 11.7. The highest BCUT2D eigenvalue weighted by atomic mass is 35.5. The fourth-order valence-electron chi connectivity index (χ4n) is 1.93. The summed E-state index contributed by atoms with van der Waals surface area (Å²) in [5.74, 6) is 1.42. The van der Waals surface area contributed by atoms with E-state index in [1.54, 1.807) is 0 Å². The fourth-order valence-corrected chi connectivity index (χ4v) is 3.31. The molecule has 1 aromatic rings. The van der Waals surface area contributed by atoms with Crippen LogP contribution in [0.4, 0.5) is 13.2 Å². The molecule has 19 heavy (non-hydrogen) atoms. The molecule has 1 aromatic heterocycles. The van der Waals surface area contributed by atoms with Crippen LogP contribution in [-0.4, -0.2) is 23.8 Å². The number of hydrogen-bond donors (Lipinski definition) is 1. The van der Waals surface area contributed by atoms with Gasteiger partial charge in [-0.15, -0.1) is 11.8 Å². The van der Waals surface area contributed by atoms with Gasteiger partial charge in [0.15, 0.2) is 0 Å². The number of nitrogens with one attached hydrogen (secondary N) is 1. The van der Waals surface area contributed by atoms with E-state index in [1.165, 1.54) is 11.8 Å². The van der Waals surface area contributed by atoms with Crippen LogP contribution in [0.3, 0.4) is 0 Å². The van der Waals surface area contributed by atoms with Crippen molar-refractivity contribution in [3.63, 3.8) is 0 Å². The van der Waals surface area contributed by atoms with E-state index in [0.29, 0.717) is 10.9 Å². The lowest BCUT2D eigenvalue weighted by Crippen LogP contribution is -2.28. The molecule has 0 spiro atoms. The maximum atomic E-state index is 12.5. The smallest absolute Gasteiger partial charge is 0.317 e. The monoisotopic (exact) mass is 310 g/mol. The van der Waals surface area contributed by atoms with Crippen LogP contribution in [0, 0.1) is 5.92 Å². The number of rotatable bonds is 3. The van der Waals surface area contributed by atoms with Gasteiger partial charge in [0.2, 0.25) is 0 Å². The third-order valence-electron chi connectivity index (χ3n) is 3.05. The third-order valence-corrected chi connectivity index (χ3v) is 4.69. The molecule has 0 radical (unpaired) electrons. The first-order chi connectivity index (χ1) is 8.97. The Morgan fingerprint density at radius 1 is 1.37 bits per heavy atom. The number of alkyl halides is 3. The van der Waals surface area contributed by atoms with Crippen LogP contribution in [0.5, 0.6) is 0 Å². The molecule has 106 valence electrons. The average Bonchev–Trinajstić information content (AvgIpc) is 2.37. The van der Waals surface area contributed by atoms with Crippen molar-refractivity contribution < 1.29 is 13.2 Å². The summed E-state index contributed by atoms with van der Waals surface area (Å²) in [5, 5.41) is 3.83. The van der Waals surface area contributed by atoms with Crippen molar-refractivity contribution in [3.05, 3.63) is 22.8 Å². The van der Waals surface area contributed by atoms with Crippen LogP contribution in [0.15, 0.2) is 17.3 Å². The first kappa shape index (κ1) is 14.9. The molecule has 0 aromatic carbocycles. The van der Waals surface area contributed by atoms with Crippen molar-refractivity contribution in [2.75, 3.05) is 18.8 Å². The minimum atomic E-state index is -4.39. The van der Waals surface area contributed by atoms with E-state index in [9.17, 15) is 13.2 Å². The van der Waals surface area contributed by atoms with Gasteiger partial charge >= 0.3 is 6.18 Å². The van der Waals surface area contributed by atoms with Crippen molar-refractivity contribution in [3.8, 4) is 0 Å². The number of aromatic nitrogens is 1. The molecule has 1 aliphatic heterocycles. The van der Waals surface area contributed by atoms with Gasteiger partial charge in [0.25, 0.3) is 0 Å². The highest BCUT2D eigenvalue weighted by Gasteiger charge is 2.31. The molecule has 0 bridgehead atoms. The third kappa shape index (κ3) is 4.26. The number of piperidine rings is 1. The second-order valence-corrected chi connectivity index (χ2v) is 5.93. The maximum absolute atomic E-state index is 12.5. The number of nitrogens with zero attached hydrogens (tertiary/aromatic N) is 1. The Hall–Kier alpha value is -0.460. The molecule has 1 fully saturated rings. The van der Waals surface area contributed by atoms with Gasteiger partial charge in [-0.1, -0.05) is 11.6 Å². The summed E-state index contributed by atoms with van der Waals surface area (Å²) in [6, 6.07) is 0.944. The molecular formula is C12H14ClF3N2S. The number of thioether (sulfide) groups is 1. The first-order valence-electron chi connectivity index (χ1n) is 6.03. The molecular weight excluding hydrogens is 297 g/mol. The molecule has 2 heterocycles. The number of halogens is 4. The minimum Gasteiger partial charge on any atom is -0.317 e. The Bertz CT molecular complexity index is 433. The summed E-state index contributed by atoms with van der Waals surface area (Å²) >= 11 is 7.29. The molecule has 0 unspecified atom stereocenters. The predicted molar refractivity (Wildman–Crippen MR) is 70.6 cm³/mol. The van der Waals surface area contributed by atoms with Crippen molar-refractivity contribution in [2.24, 2.45) is 5.92 Å².